The van der Waals surface area contributed by atoms with Crippen molar-refractivity contribution in [3.8, 4) is 0 Å². The van der Waals surface area contributed by atoms with Gasteiger partial charge in [-0.15, -0.1) is 0 Å². The van der Waals surface area contributed by atoms with Crippen LogP contribution < -0.4 is 0 Å². The summed E-state index contributed by atoms with van der Waals surface area (Å²) >= 11 is 0. The highest BCUT2D eigenvalue weighted by Crippen LogP contribution is 2.13. The number of ether oxygens (including phenoxy) is 2. The van der Waals surface area contributed by atoms with Crippen LogP contribution in [0.15, 0.2) is 36.5 Å². The highest BCUT2D eigenvalue weighted by atomic mass is 16.6. The average molecular weight is 661 g/mol. The van der Waals surface area contributed by atoms with Gasteiger partial charge in [0.05, 0.1) is 6.61 Å². The van der Waals surface area contributed by atoms with E-state index in [1.165, 1.54) is 122 Å². The predicted molar refractivity (Wildman–Crippen MR) is 201 cm³/mol. The number of unbranched alkanes of at least 4 members (excludes halogenated alkanes) is 22. The van der Waals surface area contributed by atoms with E-state index in [2.05, 4.69) is 50.3 Å². The first-order valence-electron chi connectivity index (χ1n) is 20.0. The van der Waals surface area contributed by atoms with E-state index in [1.807, 2.05) is 0 Å². The van der Waals surface area contributed by atoms with Gasteiger partial charge in [-0.3, -0.25) is 9.59 Å². The lowest BCUT2D eigenvalue weighted by Gasteiger charge is -2.15. The maximum Gasteiger partial charge on any atom is 0.306 e. The van der Waals surface area contributed by atoms with E-state index in [0.717, 1.165) is 51.4 Å². The highest BCUT2D eigenvalue weighted by Gasteiger charge is 2.16. The van der Waals surface area contributed by atoms with Crippen LogP contribution in [0.25, 0.3) is 0 Å². The molecule has 0 aliphatic rings. The van der Waals surface area contributed by atoms with Crippen LogP contribution in [-0.4, -0.2) is 36.4 Å². The van der Waals surface area contributed by atoms with E-state index < -0.39 is 6.10 Å². The van der Waals surface area contributed by atoms with Gasteiger partial charge in [0.1, 0.15) is 6.61 Å². The number of carbonyl (C=O) groups excluding carboxylic acids is 2. The van der Waals surface area contributed by atoms with Crippen LogP contribution in [-0.2, 0) is 19.1 Å². The molecule has 0 aliphatic carbocycles. The minimum Gasteiger partial charge on any atom is -0.462 e. The number of aliphatic hydroxyl groups is 1. The van der Waals surface area contributed by atoms with E-state index >= 15 is 0 Å². The molecule has 0 radical (unpaired) electrons. The third-order valence-electron chi connectivity index (χ3n) is 8.66. The van der Waals surface area contributed by atoms with E-state index in [-0.39, 0.29) is 25.2 Å². The van der Waals surface area contributed by atoms with Gasteiger partial charge in [-0.25, -0.2) is 0 Å². The Hall–Kier alpha value is -1.88. The predicted octanol–water partition coefficient (Wildman–Crippen LogP) is 12.5. The molecule has 0 aliphatic heterocycles. The second-order valence-corrected chi connectivity index (χ2v) is 13.4. The van der Waals surface area contributed by atoms with Gasteiger partial charge in [-0.2, -0.15) is 0 Å². The number of hydrogen-bond acceptors (Lipinski definition) is 5. The molecular weight excluding hydrogens is 584 g/mol. The maximum absolute atomic E-state index is 12.2. The van der Waals surface area contributed by atoms with Crippen molar-refractivity contribution in [3.05, 3.63) is 36.5 Å². The molecule has 0 heterocycles. The molecule has 0 aromatic heterocycles. The SMILES string of the molecule is CCCC/C=C/C/C=C/CCCCCCCC(=O)OC[C@H](CO)OC(=O)CCCCCCCCCCC/C=C/CCCCCCCC. The van der Waals surface area contributed by atoms with E-state index in [0.29, 0.717) is 12.8 Å². The van der Waals surface area contributed by atoms with Crippen molar-refractivity contribution in [1.82, 2.24) is 0 Å². The van der Waals surface area contributed by atoms with Gasteiger partial charge in [-0.05, 0) is 64.2 Å². The van der Waals surface area contributed by atoms with E-state index in [4.69, 9.17) is 9.47 Å². The summed E-state index contributed by atoms with van der Waals surface area (Å²) in [5, 5.41) is 9.55. The molecule has 0 amide bonds. The summed E-state index contributed by atoms with van der Waals surface area (Å²) in [6.45, 7) is 4.08. The Balaban J connectivity index is 3.55. The lowest BCUT2D eigenvalue weighted by atomic mass is 10.1. The largest absolute Gasteiger partial charge is 0.462 e. The minimum atomic E-state index is -0.776. The van der Waals surface area contributed by atoms with Crippen molar-refractivity contribution < 1.29 is 24.2 Å². The normalized spacial score (nSPS) is 12.5. The van der Waals surface area contributed by atoms with Crippen molar-refractivity contribution in [2.75, 3.05) is 13.2 Å². The van der Waals surface area contributed by atoms with E-state index in [1.54, 1.807) is 0 Å². The maximum atomic E-state index is 12.2. The fraction of sp³-hybridized carbons (Fsp3) is 0.810. The number of aliphatic hydroxyl groups excluding tert-OH is 1. The standard InChI is InChI=1S/C42H76O5/c1-3-5-7-9-11-13-15-17-19-20-21-22-23-25-27-29-31-33-35-37-42(45)47-40(38-43)39-46-41(44)36-34-32-30-28-26-24-18-16-14-12-10-8-6-4-2/h10,12,16-19,40,43H,3-9,11,13-15,20-39H2,1-2H3/b12-10+,18-16+,19-17+/t40-/m0/s1. The number of esters is 2. The summed E-state index contributed by atoms with van der Waals surface area (Å²) in [6.07, 6.45) is 46.3. The Labute approximate surface area is 291 Å². The van der Waals surface area contributed by atoms with Crippen LogP contribution in [0.5, 0.6) is 0 Å². The molecule has 0 saturated heterocycles. The molecule has 0 aromatic rings. The fourth-order valence-electron chi connectivity index (χ4n) is 5.56. The second kappa shape index (κ2) is 38.6. The monoisotopic (exact) mass is 661 g/mol. The molecule has 5 nitrogen and oxygen atoms in total. The summed E-state index contributed by atoms with van der Waals surface area (Å²) in [5.74, 6) is -0.607. The molecule has 0 saturated carbocycles. The summed E-state index contributed by atoms with van der Waals surface area (Å²) < 4.78 is 10.6. The molecule has 1 N–H and O–H groups in total. The van der Waals surface area contributed by atoms with Gasteiger partial charge in [0, 0.05) is 12.8 Å². The number of rotatable bonds is 36. The lowest BCUT2D eigenvalue weighted by Crippen LogP contribution is -2.28. The van der Waals surface area contributed by atoms with Gasteiger partial charge in [0.25, 0.3) is 0 Å². The van der Waals surface area contributed by atoms with Gasteiger partial charge >= 0.3 is 11.9 Å². The Morgan fingerprint density at radius 1 is 0.489 bits per heavy atom. The molecule has 0 bridgehead atoms. The Kier molecular flexibility index (Phi) is 37.0. The first kappa shape index (κ1) is 45.1. The number of hydrogen-bond donors (Lipinski definition) is 1. The number of allylic oxidation sites excluding steroid dienone is 6. The second-order valence-electron chi connectivity index (χ2n) is 13.4. The third-order valence-corrected chi connectivity index (χ3v) is 8.66. The van der Waals surface area contributed by atoms with Crippen molar-refractivity contribution >= 4 is 11.9 Å². The average Bonchev–Trinajstić information content (AvgIpc) is 3.07. The molecule has 0 unspecified atom stereocenters. The van der Waals surface area contributed by atoms with Crippen LogP contribution in [0.3, 0.4) is 0 Å². The molecule has 1 atom stereocenters. The van der Waals surface area contributed by atoms with Crippen molar-refractivity contribution in [2.24, 2.45) is 0 Å². The summed E-state index contributed by atoms with van der Waals surface area (Å²) in [6, 6.07) is 0. The zero-order chi connectivity index (χ0) is 34.3. The zero-order valence-electron chi connectivity index (χ0n) is 31.0. The van der Waals surface area contributed by atoms with Crippen LogP contribution in [0.4, 0.5) is 0 Å². The summed E-state index contributed by atoms with van der Waals surface area (Å²) in [4.78, 5) is 24.2. The Morgan fingerprint density at radius 3 is 1.34 bits per heavy atom. The molecule has 0 rings (SSSR count). The number of carbonyl (C=O) groups is 2. The van der Waals surface area contributed by atoms with Gasteiger partial charge in [-0.1, -0.05) is 159 Å². The molecular formula is C42H76O5. The molecule has 0 spiro atoms. The zero-order valence-corrected chi connectivity index (χ0v) is 31.0. The smallest absolute Gasteiger partial charge is 0.306 e. The minimum absolute atomic E-state index is 0.0727. The molecule has 0 aromatic carbocycles. The molecule has 47 heavy (non-hydrogen) atoms. The van der Waals surface area contributed by atoms with Gasteiger partial charge in [0.2, 0.25) is 0 Å². The molecule has 0 fully saturated rings. The molecule has 5 heteroatoms. The third kappa shape index (κ3) is 36.8. The van der Waals surface area contributed by atoms with Crippen LogP contribution >= 0.6 is 0 Å². The van der Waals surface area contributed by atoms with Gasteiger partial charge < -0.3 is 14.6 Å². The first-order chi connectivity index (χ1) is 23.1. The van der Waals surface area contributed by atoms with Crippen molar-refractivity contribution in [2.45, 2.75) is 206 Å². The Morgan fingerprint density at radius 2 is 0.872 bits per heavy atom. The van der Waals surface area contributed by atoms with Crippen LogP contribution in [0.2, 0.25) is 0 Å². The topological polar surface area (TPSA) is 72.8 Å². The molecule has 274 valence electrons. The van der Waals surface area contributed by atoms with Crippen LogP contribution in [0, 0.1) is 0 Å². The summed E-state index contributed by atoms with van der Waals surface area (Å²) in [7, 11) is 0. The van der Waals surface area contributed by atoms with Crippen molar-refractivity contribution in [3.63, 3.8) is 0 Å². The first-order valence-corrected chi connectivity index (χ1v) is 20.0. The van der Waals surface area contributed by atoms with Crippen LogP contribution in [0.1, 0.15) is 200 Å². The summed E-state index contributed by atoms with van der Waals surface area (Å²) in [5.41, 5.74) is 0. The highest BCUT2D eigenvalue weighted by molar-refractivity contribution is 5.70. The lowest BCUT2D eigenvalue weighted by molar-refractivity contribution is -0.161. The van der Waals surface area contributed by atoms with Crippen molar-refractivity contribution in [1.29, 1.82) is 0 Å². The Bertz CT molecular complexity index is 756. The van der Waals surface area contributed by atoms with E-state index in [9.17, 15) is 14.7 Å². The van der Waals surface area contributed by atoms with Gasteiger partial charge in [0.15, 0.2) is 6.10 Å². The fourth-order valence-corrected chi connectivity index (χ4v) is 5.56. The quantitative estimate of drug-likeness (QED) is 0.0411.